The lowest BCUT2D eigenvalue weighted by Crippen LogP contribution is -2.57. The third-order valence-electron chi connectivity index (χ3n) is 7.19. The van der Waals surface area contributed by atoms with E-state index in [-0.39, 0.29) is 25.7 Å². The van der Waals surface area contributed by atoms with Gasteiger partial charge in [0.25, 0.3) is 0 Å². The van der Waals surface area contributed by atoms with E-state index in [9.17, 15) is 19.8 Å². The highest BCUT2D eigenvalue weighted by atomic mass is 16.7. The van der Waals surface area contributed by atoms with E-state index in [1.807, 2.05) is 41.5 Å². The van der Waals surface area contributed by atoms with Crippen LogP contribution in [0.5, 0.6) is 0 Å². The zero-order chi connectivity index (χ0) is 22.8. The first-order chi connectivity index (χ1) is 14.0. The number of allylic oxidation sites excluding steroid dienone is 2. The molecule has 0 amide bonds. The van der Waals surface area contributed by atoms with Gasteiger partial charge in [0.15, 0.2) is 11.6 Å². The first kappa shape index (κ1) is 21.2. The van der Waals surface area contributed by atoms with E-state index in [1.54, 1.807) is 0 Å². The number of ketones is 2. The van der Waals surface area contributed by atoms with Gasteiger partial charge in [-0.05, 0) is 16.2 Å². The van der Waals surface area contributed by atoms with E-state index >= 15 is 0 Å². The maximum atomic E-state index is 13.4. The number of aliphatic hydroxyl groups is 2. The van der Waals surface area contributed by atoms with E-state index < -0.39 is 45.2 Å². The second kappa shape index (κ2) is 5.61. The number of ether oxygens (including phenoxy) is 3. The van der Waals surface area contributed by atoms with Crippen molar-refractivity contribution in [1.29, 1.82) is 0 Å². The Bertz CT molecular complexity index is 906. The Morgan fingerprint density at radius 3 is 1.42 bits per heavy atom. The highest BCUT2D eigenvalue weighted by molar-refractivity contribution is 6.11. The van der Waals surface area contributed by atoms with Crippen molar-refractivity contribution in [1.82, 2.24) is 0 Å². The van der Waals surface area contributed by atoms with Crippen molar-refractivity contribution in [2.45, 2.75) is 97.4 Å². The lowest BCUT2D eigenvalue weighted by molar-refractivity contribution is -0.300. The fourth-order valence-electron chi connectivity index (χ4n) is 6.29. The molecule has 2 aliphatic heterocycles. The van der Waals surface area contributed by atoms with Crippen LogP contribution in [0.25, 0.3) is 0 Å². The maximum Gasteiger partial charge on any atom is 0.373 e. The number of hydrogen-bond donors (Lipinski definition) is 2. The van der Waals surface area contributed by atoms with Gasteiger partial charge in [0.05, 0.1) is 11.1 Å². The van der Waals surface area contributed by atoms with Gasteiger partial charge in [-0.25, -0.2) is 0 Å². The molecule has 0 aromatic carbocycles. The van der Waals surface area contributed by atoms with E-state index in [2.05, 4.69) is 0 Å². The van der Waals surface area contributed by atoms with Crippen LogP contribution in [0.4, 0.5) is 0 Å². The number of Topliss-reactive ketones (excluding diaryl/α,β-unsaturated/α-hetero) is 2. The Balaban J connectivity index is 1.76. The second-order valence-electron chi connectivity index (χ2n) is 12.5. The summed E-state index contributed by atoms with van der Waals surface area (Å²) in [6.45, 7) is 11.6. The molecule has 0 aromatic heterocycles. The summed E-state index contributed by atoms with van der Waals surface area (Å²) in [5.74, 6) is -5.86. The standard InChI is InChI=1S/C24H32O7/c1-19(2)9-15(25)24(16(26)10-19)29-13-7-20(3,4)11-22(27)17(13)18-14(30-24)8-21(5,6)12-23(18,28)31-22/h27-28H,7-12H2,1-6H3/t22-,23-/m0/s1. The number of carbonyl (C=O) groups excluding carboxylic acids is 2. The minimum Gasteiger partial charge on any atom is -0.444 e. The van der Waals surface area contributed by atoms with Crippen molar-refractivity contribution < 1.29 is 34.0 Å². The number of hydrogen-bond acceptors (Lipinski definition) is 7. The Hall–Kier alpha value is -1.70. The predicted molar refractivity (Wildman–Crippen MR) is 109 cm³/mol. The quantitative estimate of drug-likeness (QED) is 0.567. The molecule has 1 spiro atoms. The molecule has 2 heterocycles. The van der Waals surface area contributed by atoms with E-state index in [1.165, 1.54) is 0 Å². The van der Waals surface area contributed by atoms with Gasteiger partial charge in [-0.1, -0.05) is 41.5 Å². The van der Waals surface area contributed by atoms with Crippen LogP contribution in [0.3, 0.4) is 0 Å². The molecule has 2 N–H and O–H groups in total. The van der Waals surface area contributed by atoms with Crippen LogP contribution in [-0.4, -0.2) is 39.1 Å². The molecule has 5 rings (SSSR count). The highest BCUT2D eigenvalue weighted by Crippen LogP contribution is 2.63. The molecule has 3 aliphatic carbocycles. The molecule has 0 bridgehead atoms. The van der Waals surface area contributed by atoms with Crippen LogP contribution in [0.15, 0.2) is 22.7 Å². The molecule has 7 nitrogen and oxygen atoms in total. The average Bonchev–Trinajstić information content (AvgIpc) is 2.64. The Kier molecular flexibility index (Phi) is 3.83. The third-order valence-corrected chi connectivity index (χ3v) is 7.19. The molecule has 5 aliphatic rings. The first-order valence-electron chi connectivity index (χ1n) is 11.1. The molecule has 170 valence electrons. The summed E-state index contributed by atoms with van der Waals surface area (Å²) in [5, 5.41) is 23.2. The second-order valence-corrected chi connectivity index (χ2v) is 12.5. The van der Waals surface area contributed by atoms with Crippen LogP contribution >= 0.6 is 0 Å². The highest BCUT2D eigenvalue weighted by Gasteiger charge is 2.68. The third kappa shape index (κ3) is 2.89. The molecule has 1 saturated heterocycles. The molecule has 0 radical (unpaired) electrons. The normalized spacial score (nSPS) is 39.1. The van der Waals surface area contributed by atoms with E-state index in [0.29, 0.717) is 35.5 Å². The maximum absolute atomic E-state index is 13.4. The van der Waals surface area contributed by atoms with Gasteiger partial charge >= 0.3 is 5.79 Å². The Morgan fingerprint density at radius 2 is 1.03 bits per heavy atom. The Morgan fingerprint density at radius 1 is 0.645 bits per heavy atom. The van der Waals surface area contributed by atoms with Gasteiger partial charge in [0.2, 0.25) is 11.6 Å². The molecule has 31 heavy (non-hydrogen) atoms. The van der Waals surface area contributed by atoms with Gasteiger partial charge in [-0.3, -0.25) is 9.59 Å². The molecule has 2 atom stereocenters. The van der Waals surface area contributed by atoms with Gasteiger partial charge in [-0.15, -0.1) is 0 Å². The van der Waals surface area contributed by atoms with Crippen molar-refractivity contribution in [2.75, 3.05) is 0 Å². The molecular weight excluding hydrogens is 400 g/mol. The summed E-state index contributed by atoms with van der Waals surface area (Å²) < 4.78 is 18.4. The molecule has 7 heteroatoms. The lowest BCUT2D eigenvalue weighted by atomic mass is 9.69. The predicted octanol–water partition coefficient (Wildman–Crippen LogP) is 3.24. The van der Waals surface area contributed by atoms with Crippen LogP contribution < -0.4 is 0 Å². The summed E-state index contributed by atoms with van der Waals surface area (Å²) >= 11 is 0. The summed E-state index contributed by atoms with van der Waals surface area (Å²) in [5.41, 5.74) is -0.700. The summed E-state index contributed by atoms with van der Waals surface area (Å²) in [6.07, 6.45) is 1.56. The number of carbonyl (C=O) groups is 2. The van der Waals surface area contributed by atoms with Crippen molar-refractivity contribution in [3.05, 3.63) is 22.7 Å². The first-order valence-corrected chi connectivity index (χ1v) is 11.1. The minimum absolute atomic E-state index is 0.141. The molecule has 0 aromatic rings. The monoisotopic (exact) mass is 432 g/mol. The van der Waals surface area contributed by atoms with Gasteiger partial charge in [0.1, 0.15) is 11.5 Å². The van der Waals surface area contributed by atoms with Gasteiger partial charge in [0, 0.05) is 38.5 Å². The van der Waals surface area contributed by atoms with Crippen molar-refractivity contribution >= 4 is 11.6 Å². The molecular formula is C24H32O7. The van der Waals surface area contributed by atoms with Crippen molar-refractivity contribution in [3.8, 4) is 0 Å². The molecule has 2 fully saturated rings. The smallest absolute Gasteiger partial charge is 0.373 e. The molecule has 0 unspecified atom stereocenters. The van der Waals surface area contributed by atoms with Gasteiger partial charge in [-0.2, -0.15) is 0 Å². The van der Waals surface area contributed by atoms with Crippen LogP contribution in [0.1, 0.15) is 80.1 Å². The topological polar surface area (TPSA) is 102 Å². The summed E-state index contributed by atoms with van der Waals surface area (Å²) in [4.78, 5) is 26.8. The van der Waals surface area contributed by atoms with Crippen LogP contribution in [0, 0.1) is 16.2 Å². The zero-order valence-electron chi connectivity index (χ0n) is 19.2. The number of rotatable bonds is 0. The van der Waals surface area contributed by atoms with E-state index in [4.69, 9.17) is 14.2 Å². The van der Waals surface area contributed by atoms with Crippen molar-refractivity contribution in [3.63, 3.8) is 0 Å². The average molecular weight is 433 g/mol. The zero-order valence-corrected chi connectivity index (χ0v) is 19.2. The summed E-state index contributed by atoms with van der Waals surface area (Å²) in [7, 11) is 0. The van der Waals surface area contributed by atoms with Crippen molar-refractivity contribution in [2.24, 2.45) is 16.2 Å². The van der Waals surface area contributed by atoms with E-state index in [0.717, 1.165) is 0 Å². The summed E-state index contributed by atoms with van der Waals surface area (Å²) in [6, 6.07) is 0. The fourth-order valence-corrected chi connectivity index (χ4v) is 6.29. The Labute approximate surface area is 182 Å². The van der Waals surface area contributed by atoms with Crippen LogP contribution in [0.2, 0.25) is 0 Å². The minimum atomic E-state index is -2.08. The van der Waals surface area contributed by atoms with Crippen LogP contribution in [-0.2, 0) is 23.8 Å². The SMILES string of the molecule is CC1(C)CC(=O)C2(OC3=C4C5=C(CC(C)(C)C[C@]5(O)O[C@@]4(O)CC(C)(C)C3)O2)C(=O)C1. The fraction of sp³-hybridized carbons (Fsp3) is 0.750. The largest absolute Gasteiger partial charge is 0.444 e. The lowest BCUT2D eigenvalue weighted by Gasteiger charge is -2.45. The van der Waals surface area contributed by atoms with Gasteiger partial charge < -0.3 is 24.4 Å². The molecule has 1 saturated carbocycles.